The Labute approximate surface area is 138 Å². The van der Waals surface area contributed by atoms with Crippen molar-refractivity contribution < 1.29 is 9.90 Å². The minimum absolute atomic E-state index is 0.351. The van der Waals surface area contributed by atoms with Crippen molar-refractivity contribution >= 4 is 40.9 Å². The second-order valence-electron chi connectivity index (χ2n) is 4.70. The van der Waals surface area contributed by atoms with Crippen LogP contribution < -0.4 is 0 Å². The fraction of sp³-hybridized carbons (Fsp3) is 0.188. The van der Waals surface area contributed by atoms with Gasteiger partial charge in [-0.25, -0.2) is 0 Å². The van der Waals surface area contributed by atoms with E-state index in [-0.39, 0.29) is 0 Å². The number of carboxylic acid groups (broad SMARTS) is 1. The first kappa shape index (κ1) is 16.2. The number of carboxylic acids is 1. The third kappa shape index (κ3) is 4.67. The molecule has 110 valence electrons. The molecule has 0 saturated heterocycles. The van der Waals surface area contributed by atoms with Crippen molar-refractivity contribution in [3.63, 3.8) is 0 Å². The lowest BCUT2D eigenvalue weighted by molar-refractivity contribution is -0.136. The van der Waals surface area contributed by atoms with Crippen LogP contribution in [0.4, 0.5) is 0 Å². The second kappa shape index (κ2) is 7.21. The molecule has 0 aliphatic carbocycles. The first-order valence-electron chi connectivity index (χ1n) is 6.36. The summed E-state index contributed by atoms with van der Waals surface area (Å²) in [5.41, 5.74) is 1.93. The molecular formula is C16H14Cl2O2S. The van der Waals surface area contributed by atoms with Crippen molar-refractivity contribution in [2.45, 2.75) is 23.5 Å². The van der Waals surface area contributed by atoms with Gasteiger partial charge in [0, 0.05) is 14.9 Å². The lowest BCUT2D eigenvalue weighted by Crippen LogP contribution is -2.19. The van der Waals surface area contributed by atoms with E-state index in [4.69, 9.17) is 23.2 Å². The van der Waals surface area contributed by atoms with E-state index in [9.17, 15) is 9.90 Å². The van der Waals surface area contributed by atoms with Crippen LogP contribution in [0.3, 0.4) is 0 Å². The Morgan fingerprint density at radius 1 is 1.19 bits per heavy atom. The number of hydrogen-bond donors (Lipinski definition) is 1. The van der Waals surface area contributed by atoms with Crippen LogP contribution in [0, 0.1) is 6.92 Å². The van der Waals surface area contributed by atoms with E-state index in [1.54, 1.807) is 18.2 Å². The quantitative estimate of drug-likeness (QED) is 0.770. The summed E-state index contributed by atoms with van der Waals surface area (Å²) in [7, 11) is 0. The zero-order valence-corrected chi connectivity index (χ0v) is 13.7. The highest BCUT2D eigenvalue weighted by Gasteiger charge is 2.20. The molecule has 2 nitrogen and oxygen atoms in total. The van der Waals surface area contributed by atoms with Crippen molar-refractivity contribution in [2.24, 2.45) is 0 Å². The molecule has 21 heavy (non-hydrogen) atoms. The fourth-order valence-electron chi connectivity index (χ4n) is 1.85. The van der Waals surface area contributed by atoms with Gasteiger partial charge in [-0.3, -0.25) is 4.79 Å². The minimum atomic E-state index is -0.855. The molecule has 0 bridgehead atoms. The molecule has 0 saturated carbocycles. The maximum Gasteiger partial charge on any atom is 0.317 e. The van der Waals surface area contributed by atoms with Crippen molar-refractivity contribution in [1.29, 1.82) is 0 Å². The summed E-state index contributed by atoms with van der Waals surface area (Å²) in [4.78, 5) is 12.4. The number of halogens is 2. The van der Waals surface area contributed by atoms with Gasteiger partial charge in [-0.1, -0.05) is 47.0 Å². The zero-order chi connectivity index (χ0) is 15.4. The number of aryl methyl sites for hydroxylation is 1. The normalized spacial score (nSPS) is 12.1. The van der Waals surface area contributed by atoms with Crippen LogP contribution >= 0.6 is 35.0 Å². The molecule has 2 rings (SSSR count). The van der Waals surface area contributed by atoms with E-state index in [1.807, 2.05) is 31.2 Å². The van der Waals surface area contributed by atoms with Gasteiger partial charge in [0.05, 0.1) is 0 Å². The minimum Gasteiger partial charge on any atom is -0.480 e. The van der Waals surface area contributed by atoms with E-state index in [2.05, 4.69) is 0 Å². The molecule has 0 amide bonds. The highest BCUT2D eigenvalue weighted by Crippen LogP contribution is 2.29. The number of hydrogen-bond acceptors (Lipinski definition) is 2. The summed E-state index contributed by atoms with van der Waals surface area (Å²) in [6.07, 6.45) is 0.351. The number of carbonyl (C=O) groups is 1. The van der Waals surface area contributed by atoms with Crippen LogP contribution in [0.2, 0.25) is 10.0 Å². The van der Waals surface area contributed by atoms with Gasteiger partial charge in [0.2, 0.25) is 0 Å². The Kier molecular flexibility index (Phi) is 5.57. The molecule has 0 aliphatic rings. The Morgan fingerprint density at radius 2 is 1.86 bits per heavy atom. The first-order valence-corrected chi connectivity index (χ1v) is 7.99. The highest BCUT2D eigenvalue weighted by molar-refractivity contribution is 8.00. The van der Waals surface area contributed by atoms with Gasteiger partial charge in [-0.05, 0) is 43.2 Å². The maximum absolute atomic E-state index is 11.5. The number of aliphatic carboxylic acids is 1. The third-order valence-electron chi connectivity index (χ3n) is 3.00. The van der Waals surface area contributed by atoms with Gasteiger partial charge < -0.3 is 5.11 Å². The predicted octanol–water partition coefficient (Wildman–Crippen LogP) is 5.09. The van der Waals surface area contributed by atoms with Gasteiger partial charge in [-0.2, -0.15) is 0 Å². The Bertz CT molecular complexity index is 641. The summed E-state index contributed by atoms with van der Waals surface area (Å²) < 4.78 is 0. The van der Waals surface area contributed by atoms with E-state index in [0.717, 1.165) is 16.0 Å². The van der Waals surface area contributed by atoms with Crippen LogP contribution in [0.1, 0.15) is 11.1 Å². The van der Waals surface area contributed by atoms with Gasteiger partial charge in [-0.15, -0.1) is 11.8 Å². The second-order valence-corrected chi connectivity index (χ2v) is 6.82. The molecule has 0 aromatic heterocycles. The summed E-state index contributed by atoms with van der Waals surface area (Å²) in [5, 5.41) is 9.86. The largest absolute Gasteiger partial charge is 0.480 e. The van der Waals surface area contributed by atoms with Gasteiger partial charge >= 0.3 is 5.97 Å². The standard InChI is InChI=1S/C16H14Cl2O2S/c1-10-2-6-13(7-3-10)21-15(16(19)20)8-11-4-5-12(17)9-14(11)18/h2-7,9,15H,8H2,1H3,(H,19,20)/t15-/m1/s1. The monoisotopic (exact) mass is 340 g/mol. The summed E-state index contributed by atoms with van der Waals surface area (Å²) in [6, 6.07) is 12.9. The van der Waals surface area contributed by atoms with Gasteiger partial charge in [0.1, 0.15) is 5.25 Å². The van der Waals surface area contributed by atoms with Crippen LogP contribution in [0.5, 0.6) is 0 Å². The molecule has 0 spiro atoms. The van der Waals surface area contributed by atoms with E-state index in [1.165, 1.54) is 11.8 Å². The molecule has 5 heteroatoms. The number of benzene rings is 2. The lowest BCUT2D eigenvalue weighted by atomic mass is 10.1. The average molecular weight is 341 g/mol. The fourth-order valence-corrected chi connectivity index (χ4v) is 3.32. The van der Waals surface area contributed by atoms with Gasteiger partial charge in [0.25, 0.3) is 0 Å². The predicted molar refractivity (Wildman–Crippen MR) is 88.6 cm³/mol. The van der Waals surface area contributed by atoms with E-state index >= 15 is 0 Å². The topological polar surface area (TPSA) is 37.3 Å². The Hall–Kier alpha value is -1.16. The third-order valence-corrected chi connectivity index (χ3v) is 4.78. The molecule has 0 heterocycles. The van der Waals surface area contributed by atoms with Crippen LogP contribution in [-0.2, 0) is 11.2 Å². The number of thioether (sulfide) groups is 1. The van der Waals surface area contributed by atoms with Crippen LogP contribution in [0.25, 0.3) is 0 Å². The molecule has 0 fully saturated rings. The molecule has 1 atom stereocenters. The van der Waals surface area contributed by atoms with Crippen molar-refractivity contribution in [2.75, 3.05) is 0 Å². The SMILES string of the molecule is Cc1ccc(S[C@H](Cc2ccc(Cl)cc2Cl)C(=O)O)cc1. The zero-order valence-electron chi connectivity index (χ0n) is 11.3. The summed E-state index contributed by atoms with van der Waals surface area (Å²) in [5.74, 6) is -0.855. The molecule has 2 aromatic carbocycles. The van der Waals surface area contributed by atoms with Crippen molar-refractivity contribution in [1.82, 2.24) is 0 Å². The van der Waals surface area contributed by atoms with Crippen molar-refractivity contribution in [3.8, 4) is 0 Å². The number of rotatable bonds is 5. The molecule has 2 aromatic rings. The molecule has 0 radical (unpaired) electrons. The van der Waals surface area contributed by atoms with Crippen LogP contribution in [0.15, 0.2) is 47.4 Å². The summed E-state index contributed by atoms with van der Waals surface area (Å²) in [6.45, 7) is 2.00. The Balaban J connectivity index is 2.15. The average Bonchev–Trinajstić information content (AvgIpc) is 2.43. The van der Waals surface area contributed by atoms with Gasteiger partial charge in [0.15, 0.2) is 0 Å². The Morgan fingerprint density at radius 3 is 2.43 bits per heavy atom. The first-order chi connectivity index (χ1) is 9.95. The molecule has 0 aliphatic heterocycles. The highest BCUT2D eigenvalue weighted by atomic mass is 35.5. The summed E-state index contributed by atoms with van der Waals surface area (Å²) >= 11 is 13.3. The van der Waals surface area contributed by atoms with Crippen LogP contribution in [-0.4, -0.2) is 16.3 Å². The molecular weight excluding hydrogens is 327 g/mol. The van der Waals surface area contributed by atoms with E-state index in [0.29, 0.717) is 16.5 Å². The lowest BCUT2D eigenvalue weighted by Gasteiger charge is -2.13. The smallest absolute Gasteiger partial charge is 0.317 e. The molecule has 1 N–H and O–H groups in total. The molecule has 0 unspecified atom stereocenters. The van der Waals surface area contributed by atoms with E-state index < -0.39 is 11.2 Å². The maximum atomic E-state index is 11.5. The van der Waals surface area contributed by atoms with Crippen molar-refractivity contribution in [3.05, 3.63) is 63.6 Å².